The Kier molecular flexibility index (Phi) is 3.27. The van der Waals surface area contributed by atoms with Crippen molar-refractivity contribution in [1.29, 1.82) is 0 Å². The van der Waals surface area contributed by atoms with E-state index in [2.05, 4.69) is 27.3 Å². The molecular formula is C9H15N3S. The van der Waals surface area contributed by atoms with Crippen LogP contribution in [0.5, 0.6) is 0 Å². The van der Waals surface area contributed by atoms with Crippen molar-refractivity contribution in [3.63, 3.8) is 0 Å². The largest absolute Gasteiger partial charge is 0.310 e. The molecule has 13 heavy (non-hydrogen) atoms. The molecule has 0 spiro atoms. The van der Waals surface area contributed by atoms with Gasteiger partial charge >= 0.3 is 0 Å². The number of aromatic nitrogens is 2. The number of aromatic amines is 1. The number of nitrogens with one attached hydrogen (secondary N) is 2. The monoisotopic (exact) mass is 197 g/mol. The summed E-state index contributed by atoms with van der Waals surface area (Å²) in [7, 11) is 0. The minimum atomic E-state index is 0.836. The highest BCUT2D eigenvalue weighted by molar-refractivity contribution is 8.00. The lowest BCUT2D eigenvalue weighted by Gasteiger charge is -2.08. The zero-order valence-corrected chi connectivity index (χ0v) is 8.44. The van der Waals surface area contributed by atoms with Crippen LogP contribution in [-0.4, -0.2) is 27.7 Å². The third-order valence-corrected chi connectivity index (χ3v) is 3.67. The fourth-order valence-electron chi connectivity index (χ4n) is 1.56. The van der Waals surface area contributed by atoms with Gasteiger partial charge in [0.15, 0.2) is 0 Å². The lowest BCUT2D eigenvalue weighted by atomic mass is 10.2. The molecule has 1 aliphatic rings. The highest BCUT2D eigenvalue weighted by Crippen LogP contribution is 2.25. The molecule has 1 unspecified atom stereocenters. The van der Waals surface area contributed by atoms with Crippen molar-refractivity contribution in [3.05, 3.63) is 18.0 Å². The molecule has 0 aliphatic carbocycles. The Bertz CT molecular complexity index is 229. The molecule has 1 atom stereocenters. The first-order chi connectivity index (χ1) is 6.45. The van der Waals surface area contributed by atoms with Crippen molar-refractivity contribution >= 4 is 11.8 Å². The minimum Gasteiger partial charge on any atom is -0.310 e. The normalized spacial score (nSPS) is 22.3. The summed E-state index contributed by atoms with van der Waals surface area (Å²) < 4.78 is 0. The molecule has 2 N–H and O–H groups in total. The summed E-state index contributed by atoms with van der Waals surface area (Å²) >= 11 is 2.09. The van der Waals surface area contributed by atoms with Crippen molar-refractivity contribution in [1.82, 2.24) is 15.5 Å². The topological polar surface area (TPSA) is 40.7 Å². The number of H-pyrrole nitrogens is 1. The number of hydrogen-bond acceptors (Lipinski definition) is 3. The zero-order valence-electron chi connectivity index (χ0n) is 7.62. The molecule has 1 aromatic heterocycles. The van der Waals surface area contributed by atoms with Crippen molar-refractivity contribution in [2.75, 3.05) is 12.3 Å². The van der Waals surface area contributed by atoms with E-state index in [4.69, 9.17) is 0 Å². The molecule has 1 aromatic rings. The average Bonchev–Trinajstić information content (AvgIpc) is 2.75. The fourth-order valence-corrected chi connectivity index (χ4v) is 2.79. The first kappa shape index (κ1) is 9.09. The van der Waals surface area contributed by atoms with Crippen LogP contribution in [0, 0.1) is 0 Å². The number of nitrogens with zero attached hydrogens (tertiary/aromatic N) is 1. The Labute approximate surface area is 82.7 Å². The van der Waals surface area contributed by atoms with Gasteiger partial charge in [-0.25, -0.2) is 0 Å². The van der Waals surface area contributed by atoms with Gasteiger partial charge in [-0.3, -0.25) is 5.10 Å². The van der Waals surface area contributed by atoms with E-state index in [1.807, 2.05) is 6.07 Å². The first-order valence-corrected chi connectivity index (χ1v) is 5.80. The molecule has 3 nitrogen and oxygen atoms in total. The molecule has 0 amide bonds. The summed E-state index contributed by atoms with van der Waals surface area (Å²) in [6.45, 7) is 2.04. The van der Waals surface area contributed by atoms with E-state index in [0.29, 0.717) is 0 Å². The number of rotatable bonds is 4. The van der Waals surface area contributed by atoms with Gasteiger partial charge < -0.3 is 5.32 Å². The van der Waals surface area contributed by atoms with Crippen LogP contribution in [0.4, 0.5) is 0 Å². The molecule has 0 bridgehead atoms. The van der Waals surface area contributed by atoms with Crippen molar-refractivity contribution in [2.45, 2.75) is 24.6 Å². The molecule has 2 rings (SSSR count). The molecule has 1 aliphatic heterocycles. The van der Waals surface area contributed by atoms with Crippen LogP contribution < -0.4 is 5.32 Å². The van der Waals surface area contributed by atoms with E-state index in [1.165, 1.54) is 24.3 Å². The van der Waals surface area contributed by atoms with Crippen molar-refractivity contribution in [3.8, 4) is 0 Å². The number of hydrogen-bond donors (Lipinski definition) is 2. The highest BCUT2D eigenvalue weighted by Gasteiger charge is 2.14. The number of thioether (sulfide) groups is 1. The van der Waals surface area contributed by atoms with E-state index in [1.54, 1.807) is 6.20 Å². The maximum atomic E-state index is 3.90. The van der Waals surface area contributed by atoms with Gasteiger partial charge in [0.25, 0.3) is 0 Å². The Morgan fingerprint density at radius 2 is 2.69 bits per heavy atom. The summed E-state index contributed by atoms with van der Waals surface area (Å²) in [6.07, 6.45) is 4.56. The third kappa shape index (κ3) is 2.74. The summed E-state index contributed by atoms with van der Waals surface area (Å²) in [4.78, 5) is 0. The van der Waals surface area contributed by atoms with E-state index in [0.717, 1.165) is 18.3 Å². The first-order valence-electron chi connectivity index (χ1n) is 4.76. The van der Waals surface area contributed by atoms with Gasteiger partial charge in [0, 0.05) is 30.2 Å². The van der Waals surface area contributed by atoms with Crippen LogP contribution >= 0.6 is 11.8 Å². The lowest BCUT2D eigenvalue weighted by molar-refractivity contribution is 0.637. The van der Waals surface area contributed by atoms with Crippen LogP contribution in [0.15, 0.2) is 12.3 Å². The van der Waals surface area contributed by atoms with Gasteiger partial charge in [-0.1, -0.05) is 0 Å². The molecule has 1 fully saturated rings. The van der Waals surface area contributed by atoms with Crippen LogP contribution in [0.2, 0.25) is 0 Å². The second-order valence-corrected chi connectivity index (χ2v) is 4.76. The van der Waals surface area contributed by atoms with Gasteiger partial charge in [-0.05, 0) is 24.7 Å². The molecule has 0 saturated carbocycles. The molecule has 0 radical (unpaired) electrons. The maximum absolute atomic E-state index is 3.90. The van der Waals surface area contributed by atoms with E-state index in [9.17, 15) is 0 Å². The quantitative estimate of drug-likeness (QED) is 0.766. The maximum Gasteiger partial charge on any atom is 0.0490 e. The van der Waals surface area contributed by atoms with Crippen molar-refractivity contribution in [2.24, 2.45) is 0 Å². The fraction of sp³-hybridized carbons (Fsp3) is 0.667. The van der Waals surface area contributed by atoms with Crippen LogP contribution in [0.1, 0.15) is 18.5 Å². The third-order valence-electron chi connectivity index (χ3n) is 2.27. The second kappa shape index (κ2) is 4.67. The van der Waals surface area contributed by atoms with Crippen molar-refractivity contribution < 1.29 is 0 Å². The highest BCUT2D eigenvalue weighted by atomic mass is 32.2. The summed E-state index contributed by atoms with van der Waals surface area (Å²) in [5.41, 5.74) is 1.17. The average molecular weight is 197 g/mol. The van der Waals surface area contributed by atoms with E-state index < -0.39 is 0 Å². The van der Waals surface area contributed by atoms with Crippen LogP contribution in [-0.2, 0) is 6.54 Å². The molecule has 0 aromatic carbocycles. The van der Waals surface area contributed by atoms with E-state index in [-0.39, 0.29) is 0 Å². The molecule has 1 saturated heterocycles. The smallest absolute Gasteiger partial charge is 0.0490 e. The Morgan fingerprint density at radius 3 is 3.38 bits per heavy atom. The molecule has 4 heteroatoms. The van der Waals surface area contributed by atoms with Gasteiger partial charge in [-0.15, -0.1) is 0 Å². The molecule has 72 valence electrons. The van der Waals surface area contributed by atoms with Crippen LogP contribution in [0.25, 0.3) is 0 Å². The van der Waals surface area contributed by atoms with Gasteiger partial charge in [-0.2, -0.15) is 16.9 Å². The van der Waals surface area contributed by atoms with Gasteiger partial charge in [0.1, 0.15) is 0 Å². The van der Waals surface area contributed by atoms with Crippen LogP contribution in [0.3, 0.4) is 0 Å². The summed E-state index contributed by atoms with van der Waals surface area (Å²) in [6, 6.07) is 2.01. The Morgan fingerprint density at radius 1 is 1.69 bits per heavy atom. The summed E-state index contributed by atoms with van der Waals surface area (Å²) in [5.74, 6) is 1.34. The minimum absolute atomic E-state index is 0.836. The second-order valence-electron chi connectivity index (χ2n) is 3.35. The predicted octanol–water partition coefficient (Wildman–Crippen LogP) is 1.39. The molecule has 2 heterocycles. The van der Waals surface area contributed by atoms with Gasteiger partial charge in [0.05, 0.1) is 0 Å². The van der Waals surface area contributed by atoms with E-state index >= 15 is 0 Å². The summed E-state index contributed by atoms with van der Waals surface area (Å²) in [5, 5.41) is 11.1. The predicted molar refractivity (Wildman–Crippen MR) is 55.8 cm³/mol. The Hall–Kier alpha value is -0.480. The molecular weight excluding hydrogens is 182 g/mol. The standard InChI is InChI=1S/C9H15N3S/c1-2-9(13-5-1)7-10-6-8-3-4-11-12-8/h3-4,9-10H,1-2,5-7H2,(H,11,12). The van der Waals surface area contributed by atoms with Gasteiger partial charge in [0.2, 0.25) is 0 Å². The zero-order chi connectivity index (χ0) is 8.93. The Balaban J connectivity index is 1.63. The SMILES string of the molecule is c1cc(CNCC2CCCS2)[nH]n1. The lowest BCUT2D eigenvalue weighted by Crippen LogP contribution is -2.22.